The van der Waals surface area contributed by atoms with Crippen molar-refractivity contribution < 1.29 is 9.59 Å². The molecule has 5 nitrogen and oxygen atoms in total. The molecule has 3 rings (SSSR count). The number of carbonyl (C=O) groups excluding carboxylic acids is 2. The summed E-state index contributed by atoms with van der Waals surface area (Å²) < 4.78 is 0. The maximum Gasteiger partial charge on any atom is 0.243 e. The highest BCUT2D eigenvalue weighted by atomic mass is 16.2. The van der Waals surface area contributed by atoms with Gasteiger partial charge in [-0.3, -0.25) is 9.59 Å². The second-order valence-corrected chi connectivity index (χ2v) is 5.38. The van der Waals surface area contributed by atoms with E-state index in [9.17, 15) is 9.59 Å². The Hall–Kier alpha value is -2.30. The van der Waals surface area contributed by atoms with Gasteiger partial charge in [0.05, 0.1) is 0 Å². The van der Waals surface area contributed by atoms with Crippen molar-refractivity contribution in [1.29, 1.82) is 0 Å². The molecule has 1 aromatic heterocycles. The molecule has 2 aromatic rings. The van der Waals surface area contributed by atoms with Crippen LogP contribution < -0.4 is 10.6 Å². The van der Waals surface area contributed by atoms with E-state index >= 15 is 0 Å². The smallest absolute Gasteiger partial charge is 0.243 e. The molecule has 2 heterocycles. The number of aryl methyl sites for hydroxylation is 1. The lowest BCUT2D eigenvalue weighted by atomic mass is 10.1. The zero-order valence-electron chi connectivity index (χ0n) is 11.5. The van der Waals surface area contributed by atoms with Crippen molar-refractivity contribution in [2.75, 3.05) is 0 Å². The summed E-state index contributed by atoms with van der Waals surface area (Å²) in [5.74, 6) is -0.270. The average Bonchev–Trinajstić information content (AvgIpc) is 2.77. The van der Waals surface area contributed by atoms with E-state index < -0.39 is 12.1 Å². The summed E-state index contributed by atoms with van der Waals surface area (Å²) in [5.41, 5.74) is 3.18. The Labute approximate surface area is 116 Å². The lowest BCUT2D eigenvalue weighted by molar-refractivity contribution is -0.136. The van der Waals surface area contributed by atoms with Gasteiger partial charge in [-0.25, -0.2) is 0 Å². The molecule has 5 heteroatoms. The van der Waals surface area contributed by atoms with Gasteiger partial charge in [-0.15, -0.1) is 0 Å². The number of carbonyl (C=O) groups is 2. The fourth-order valence-corrected chi connectivity index (χ4v) is 2.52. The molecule has 2 unspecified atom stereocenters. The Bertz CT molecular complexity index is 689. The number of piperazine rings is 1. The molecular formula is C15H17N3O2. The van der Waals surface area contributed by atoms with Gasteiger partial charge in [0.2, 0.25) is 11.8 Å². The summed E-state index contributed by atoms with van der Waals surface area (Å²) in [5, 5.41) is 6.54. The molecule has 0 spiro atoms. The number of rotatable bonds is 2. The lowest BCUT2D eigenvalue weighted by Gasteiger charge is -2.27. The van der Waals surface area contributed by atoms with E-state index in [1.807, 2.05) is 19.1 Å². The molecule has 1 fully saturated rings. The molecule has 2 amide bonds. The predicted molar refractivity (Wildman–Crippen MR) is 76.3 cm³/mol. The first kappa shape index (κ1) is 12.7. The van der Waals surface area contributed by atoms with Crippen LogP contribution >= 0.6 is 0 Å². The van der Waals surface area contributed by atoms with Crippen LogP contribution in [0.25, 0.3) is 10.9 Å². The number of hydrogen-bond acceptors (Lipinski definition) is 2. The molecule has 1 saturated heterocycles. The van der Waals surface area contributed by atoms with Crippen LogP contribution in [0.15, 0.2) is 24.3 Å². The standard InChI is InChI=1S/C15H17N3O2/c1-8-3-4-10-6-11(17-12(10)5-8)7-13-15(20)16-9(2)14(19)18-13/h3-6,9,13,17H,7H2,1-2H3,(H,16,20)(H,18,19). The Morgan fingerprint density at radius 1 is 1.10 bits per heavy atom. The molecule has 20 heavy (non-hydrogen) atoms. The van der Waals surface area contributed by atoms with Crippen LogP contribution in [0.5, 0.6) is 0 Å². The minimum absolute atomic E-state index is 0.132. The quantitative estimate of drug-likeness (QED) is 0.763. The van der Waals surface area contributed by atoms with E-state index in [1.165, 1.54) is 5.56 Å². The lowest BCUT2D eigenvalue weighted by Crippen LogP contribution is -2.61. The fraction of sp³-hybridized carbons (Fsp3) is 0.333. The number of hydrogen-bond donors (Lipinski definition) is 3. The Morgan fingerprint density at radius 2 is 1.90 bits per heavy atom. The van der Waals surface area contributed by atoms with Gasteiger partial charge in [0.1, 0.15) is 12.1 Å². The van der Waals surface area contributed by atoms with Crippen LogP contribution in [0.4, 0.5) is 0 Å². The highest BCUT2D eigenvalue weighted by molar-refractivity contribution is 5.96. The number of aromatic amines is 1. The molecule has 0 radical (unpaired) electrons. The molecule has 1 aromatic carbocycles. The third-order valence-electron chi connectivity index (χ3n) is 3.64. The zero-order valence-corrected chi connectivity index (χ0v) is 11.5. The molecule has 0 aliphatic carbocycles. The highest BCUT2D eigenvalue weighted by Gasteiger charge is 2.31. The second-order valence-electron chi connectivity index (χ2n) is 5.38. The third-order valence-corrected chi connectivity index (χ3v) is 3.64. The molecule has 3 N–H and O–H groups in total. The first-order valence-corrected chi connectivity index (χ1v) is 6.72. The van der Waals surface area contributed by atoms with E-state index in [0.29, 0.717) is 6.42 Å². The average molecular weight is 271 g/mol. The topological polar surface area (TPSA) is 74.0 Å². The number of amides is 2. The second kappa shape index (κ2) is 4.67. The van der Waals surface area contributed by atoms with Gasteiger partial charge in [-0.1, -0.05) is 12.1 Å². The van der Waals surface area contributed by atoms with Crippen LogP contribution in [-0.2, 0) is 16.0 Å². The minimum Gasteiger partial charge on any atom is -0.358 e. The van der Waals surface area contributed by atoms with E-state index in [-0.39, 0.29) is 11.8 Å². The van der Waals surface area contributed by atoms with Crippen molar-refractivity contribution in [2.24, 2.45) is 0 Å². The summed E-state index contributed by atoms with van der Waals surface area (Å²) in [6.07, 6.45) is 0.470. The Balaban J connectivity index is 1.82. The largest absolute Gasteiger partial charge is 0.358 e. The Kier molecular flexibility index (Phi) is 2.97. The van der Waals surface area contributed by atoms with Crippen LogP contribution in [0.2, 0.25) is 0 Å². The fourth-order valence-electron chi connectivity index (χ4n) is 2.52. The number of H-pyrrole nitrogens is 1. The van der Waals surface area contributed by atoms with Crippen LogP contribution in [0, 0.1) is 6.92 Å². The number of benzene rings is 1. The molecule has 0 saturated carbocycles. The van der Waals surface area contributed by atoms with Crippen molar-refractivity contribution in [1.82, 2.24) is 15.6 Å². The van der Waals surface area contributed by atoms with Crippen LogP contribution in [-0.4, -0.2) is 28.9 Å². The number of aromatic nitrogens is 1. The normalized spacial score (nSPS) is 22.7. The van der Waals surface area contributed by atoms with Crippen molar-refractivity contribution in [3.63, 3.8) is 0 Å². The minimum atomic E-state index is -0.507. The van der Waals surface area contributed by atoms with Crippen LogP contribution in [0.3, 0.4) is 0 Å². The zero-order chi connectivity index (χ0) is 14.3. The van der Waals surface area contributed by atoms with Crippen molar-refractivity contribution in [2.45, 2.75) is 32.4 Å². The van der Waals surface area contributed by atoms with Gasteiger partial charge in [-0.2, -0.15) is 0 Å². The van der Waals surface area contributed by atoms with E-state index in [4.69, 9.17) is 0 Å². The molecule has 0 bridgehead atoms. The van der Waals surface area contributed by atoms with Gasteiger partial charge in [0, 0.05) is 17.6 Å². The third kappa shape index (κ3) is 2.27. The highest BCUT2D eigenvalue weighted by Crippen LogP contribution is 2.18. The molecule has 104 valence electrons. The van der Waals surface area contributed by atoms with Gasteiger partial charge in [-0.05, 0) is 36.9 Å². The van der Waals surface area contributed by atoms with Gasteiger partial charge < -0.3 is 15.6 Å². The summed E-state index contributed by atoms with van der Waals surface area (Å²) in [4.78, 5) is 26.8. The molecule has 1 aliphatic rings. The summed E-state index contributed by atoms with van der Waals surface area (Å²) in [7, 11) is 0. The molecule has 2 atom stereocenters. The molecular weight excluding hydrogens is 254 g/mol. The number of fused-ring (bicyclic) bond motifs is 1. The summed E-state index contributed by atoms with van der Waals surface area (Å²) in [6, 6.07) is 7.23. The summed E-state index contributed by atoms with van der Waals surface area (Å²) in [6.45, 7) is 3.71. The first-order chi connectivity index (χ1) is 9.52. The maximum atomic E-state index is 11.9. The van der Waals surface area contributed by atoms with Gasteiger partial charge in [0.25, 0.3) is 0 Å². The SMILES string of the molecule is Cc1ccc2cc(CC3NC(=O)C(C)NC3=O)[nH]c2c1. The van der Waals surface area contributed by atoms with E-state index in [1.54, 1.807) is 6.92 Å². The van der Waals surface area contributed by atoms with Crippen LogP contribution in [0.1, 0.15) is 18.2 Å². The van der Waals surface area contributed by atoms with Gasteiger partial charge >= 0.3 is 0 Å². The summed E-state index contributed by atoms with van der Waals surface area (Å²) >= 11 is 0. The van der Waals surface area contributed by atoms with Crippen molar-refractivity contribution in [3.8, 4) is 0 Å². The van der Waals surface area contributed by atoms with E-state index in [2.05, 4.69) is 27.8 Å². The monoisotopic (exact) mass is 271 g/mol. The van der Waals surface area contributed by atoms with Gasteiger partial charge in [0.15, 0.2) is 0 Å². The van der Waals surface area contributed by atoms with Crippen molar-refractivity contribution >= 4 is 22.7 Å². The molecule has 1 aliphatic heterocycles. The Morgan fingerprint density at radius 3 is 2.70 bits per heavy atom. The van der Waals surface area contributed by atoms with E-state index in [0.717, 1.165) is 16.6 Å². The predicted octanol–water partition coefficient (Wildman–Crippen LogP) is 1.02. The first-order valence-electron chi connectivity index (χ1n) is 6.72. The van der Waals surface area contributed by atoms with Crippen molar-refractivity contribution in [3.05, 3.63) is 35.5 Å². The number of nitrogens with one attached hydrogen (secondary N) is 3. The maximum absolute atomic E-state index is 11.9.